The Hall–Kier alpha value is -3.13. The van der Waals surface area contributed by atoms with Gasteiger partial charge in [-0.25, -0.2) is 9.78 Å². The first-order valence-corrected chi connectivity index (χ1v) is 9.73. The van der Waals surface area contributed by atoms with Crippen LogP contribution < -0.4 is 15.0 Å². The van der Waals surface area contributed by atoms with Crippen molar-refractivity contribution in [2.24, 2.45) is 0 Å². The van der Waals surface area contributed by atoms with Gasteiger partial charge in [0.05, 0.1) is 28.0 Å². The molecule has 0 atom stereocenters. The highest BCUT2D eigenvalue weighted by Crippen LogP contribution is 2.30. The van der Waals surface area contributed by atoms with Gasteiger partial charge in [-0.05, 0) is 37.3 Å². The average Bonchev–Trinajstić information content (AvgIpc) is 3.23. The van der Waals surface area contributed by atoms with Crippen molar-refractivity contribution in [3.05, 3.63) is 47.5 Å². The number of hydrogen-bond acceptors (Lipinski definition) is 5. The molecule has 3 amide bonds. The van der Waals surface area contributed by atoms with Crippen molar-refractivity contribution in [2.75, 3.05) is 37.0 Å². The molecule has 1 N–H and O–H groups in total. The number of anilines is 2. The number of aryl methyl sites for hydroxylation is 1. The van der Waals surface area contributed by atoms with Crippen LogP contribution in [-0.4, -0.2) is 48.6 Å². The Labute approximate surface area is 166 Å². The summed E-state index contributed by atoms with van der Waals surface area (Å²) in [5.41, 5.74) is 2.25. The molecule has 4 rings (SSSR count). The molecule has 0 unspecified atom stereocenters. The van der Waals surface area contributed by atoms with Gasteiger partial charge in [0.1, 0.15) is 12.3 Å². The van der Waals surface area contributed by atoms with Crippen molar-refractivity contribution in [3.63, 3.8) is 0 Å². The normalized spacial score (nSPS) is 14.0. The largest absolute Gasteiger partial charge is 0.495 e. The summed E-state index contributed by atoms with van der Waals surface area (Å²) in [6, 6.07) is 12.8. The van der Waals surface area contributed by atoms with Crippen LogP contribution in [0.5, 0.6) is 5.75 Å². The van der Waals surface area contributed by atoms with Gasteiger partial charge < -0.3 is 15.0 Å². The zero-order valence-electron chi connectivity index (χ0n) is 15.6. The summed E-state index contributed by atoms with van der Waals surface area (Å²) in [5, 5.41) is 3.84. The van der Waals surface area contributed by atoms with Gasteiger partial charge in [-0.15, -0.1) is 11.3 Å². The van der Waals surface area contributed by atoms with Crippen molar-refractivity contribution >= 4 is 44.9 Å². The molecular formula is C20H20N4O3S. The van der Waals surface area contributed by atoms with Crippen LogP contribution in [0.1, 0.15) is 5.01 Å². The highest BCUT2D eigenvalue weighted by Gasteiger charge is 2.32. The second-order valence-corrected chi connectivity index (χ2v) is 7.73. The molecule has 8 heteroatoms. The standard InChI is InChI=1S/C20H20N4O3S/c1-13-21-15-11-14(7-8-18(15)28-13)22-19(25)12-23-9-10-24(20(23)26)16-5-3-4-6-17(16)27-2/h3-8,11H,9-10,12H2,1-2H3,(H,22,25). The molecule has 1 fully saturated rings. The van der Waals surface area contributed by atoms with E-state index >= 15 is 0 Å². The van der Waals surface area contributed by atoms with Gasteiger partial charge in [0.25, 0.3) is 0 Å². The lowest BCUT2D eigenvalue weighted by Gasteiger charge is -2.20. The summed E-state index contributed by atoms with van der Waals surface area (Å²) in [5.74, 6) is 0.399. The van der Waals surface area contributed by atoms with E-state index in [2.05, 4.69) is 10.3 Å². The van der Waals surface area contributed by atoms with Crippen molar-refractivity contribution < 1.29 is 14.3 Å². The van der Waals surface area contributed by atoms with Crippen molar-refractivity contribution in [2.45, 2.75) is 6.92 Å². The van der Waals surface area contributed by atoms with Crippen LogP contribution in [0.4, 0.5) is 16.2 Å². The average molecular weight is 396 g/mol. The number of benzene rings is 2. The molecule has 1 aromatic heterocycles. The molecule has 0 bridgehead atoms. The second kappa shape index (κ2) is 7.47. The summed E-state index contributed by atoms with van der Waals surface area (Å²) in [4.78, 5) is 32.8. The van der Waals surface area contributed by atoms with Gasteiger partial charge in [-0.1, -0.05) is 12.1 Å². The van der Waals surface area contributed by atoms with Gasteiger partial charge in [0.2, 0.25) is 5.91 Å². The number of methoxy groups -OCH3 is 1. The van der Waals surface area contributed by atoms with E-state index in [1.807, 2.05) is 49.4 Å². The summed E-state index contributed by atoms with van der Waals surface area (Å²) < 4.78 is 6.42. The van der Waals surface area contributed by atoms with Crippen molar-refractivity contribution in [1.82, 2.24) is 9.88 Å². The summed E-state index contributed by atoms with van der Waals surface area (Å²) in [6.07, 6.45) is 0. The predicted molar refractivity (Wildman–Crippen MR) is 110 cm³/mol. The predicted octanol–water partition coefficient (Wildman–Crippen LogP) is 3.49. The number of aromatic nitrogens is 1. The molecule has 0 saturated carbocycles. The van der Waals surface area contributed by atoms with E-state index in [9.17, 15) is 9.59 Å². The van der Waals surface area contributed by atoms with Crippen molar-refractivity contribution in [3.8, 4) is 5.75 Å². The molecule has 0 radical (unpaired) electrons. The molecule has 2 heterocycles. The lowest BCUT2D eigenvalue weighted by molar-refractivity contribution is -0.116. The quantitative estimate of drug-likeness (QED) is 0.716. The van der Waals surface area contributed by atoms with E-state index in [1.54, 1.807) is 23.3 Å². The SMILES string of the molecule is COc1ccccc1N1CCN(CC(=O)Nc2ccc3sc(C)nc3c2)C1=O. The molecule has 1 aliphatic heterocycles. The molecule has 0 aliphatic carbocycles. The van der Waals surface area contributed by atoms with Gasteiger partial charge in [-0.2, -0.15) is 0 Å². The monoisotopic (exact) mass is 396 g/mol. The Bertz CT molecular complexity index is 1050. The van der Waals surface area contributed by atoms with E-state index in [4.69, 9.17) is 4.74 Å². The maximum Gasteiger partial charge on any atom is 0.325 e. The molecule has 1 aliphatic rings. The minimum Gasteiger partial charge on any atom is -0.495 e. The minimum atomic E-state index is -0.235. The number of nitrogens with one attached hydrogen (secondary N) is 1. The number of fused-ring (bicyclic) bond motifs is 1. The number of para-hydroxylation sites is 2. The third kappa shape index (κ3) is 3.50. The first-order chi connectivity index (χ1) is 13.5. The Morgan fingerprint density at radius 3 is 2.89 bits per heavy atom. The topological polar surface area (TPSA) is 74.8 Å². The van der Waals surface area contributed by atoms with Gasteiger partial charge in [0.15, 0.2) is 0 Å². The lowest BCUT2D eigenvalue weighted by atomic mass is 10.2. The van der Waals surface area contributed by atoms with Crippen LogP contribution in [0.2, 0.25) is 0 Å². The zero-order chi connectivity index (χ0) is 19.7. The number of thiazole rings is 1. The fraction of sp³-hybridized carbons (Fsp3) is 0.250. The number of hydrogen-bond donors (Lipinski definition) is 1. The molecule has 7 nitrogen and oxygen atoms in total. The maximum absolute atomic E-state index is 12.7. The fourth-order valence-electron chi connectivity index (χ4n) is 3.30. The third-order valence-corrected chi connectivity index (χ3v) is 5.54. The number of ether oxygens (including phenoxy) is 1. The number of amides is 3. The van der Waals surface area contributed by atoms with Crippen LogP contribution in [0.25, 0.3) is 10.2 Å². The van der Waals surface area contributed by atoms with Crippen LogP contribution >= 0.6 is 11.3 Å². The van der Waals surface area contributed by atoms with E-state index in [1.165, 1.54) is 4.90 Å². The fourth-order valence-corrected chi connectivity index (χ4v) is 4.11. The number of carbonyl (C=O) groups is 2. The van der Waals surface area contributed by atoms with E-state index in [-0.39, 0.29) is 18.5 Å². The molecular weight excluding hydrogens is 376 g/mol. The van der Waals surface area contributed by atoms with Crippen LogP contribution in [0, 0.1) is 6.92 Å². The molecule has 1 saturated heterocycles. The highest BCUT2D eigenvalue weighted by atomic mass is 32.1. The number of urea groups is 1. The van der Waals surface area contributed by atoms with Crippen LogP contribution in [-0.2, 0) is 4.79 Å². The van der Waals surface area contributed by atoms with Crippen LogP contribution in [0.15, 0.2) is 42.5 Å². The maximum atomic E-state index is 12.7. The summed E-state index contributed by atoms with van der Waals surface area (Å²) in [6.45, 7) is 2.94. The molecule has 2 aromatic carbocycles. The zero-order valence-corrected chi connectivity index (χ0v) is 16.5. The Morgan fingerprint density at radius 1 is 1.25 bits per heavy atom. The Kier molecular flexibility index (Phi) is 4.87. The van der Waals surface area contributed by atoms with E-state index in [0.717, 1.165) is 15.2 Å². The minimum absolute atomic E-state index is 0.00138. The van der Waals surface area contributed by atoms with E-state index in [0.29, 0.717) is 30.2 Å². The third-order valence-electron chi connectivity index (χ3n) is 4.58. The molecule has 144 valence electrons. The number of rotatable bonds is 5. The molecule has 3 aromatic rings. The van der Waals surface area contributed by atoms with Crippen LogP contribution in [0.3, 0.4) is 0 Å². The first-order valence-electron chi connectivity index (χ1n) is 8.91. The first kappa shape index (κ1) is 18.2. The molecule has 0 spiro atoms. The van der Waals surface area contributed by atoms with Gasteiger partial charge in [-0.3, -0.25) is 9.69 Å². The second-order valence-electron chi connectivity index (χ2n) is 6.49. The smallest absolute Gasteiger partial charge is 0.325 e. The Balaban J connectivity index is 1.42. The summed E-state index contributed by atoms with van der Waals surface area (Å²) in [7, 11) is 1.57. The number of carbonyl (C=O) groups excluding carboxylic acids is 2. The molecule has 28 heavy (non-hydrogen) atoms. The van der Waals surface area contributed by atoms with Crippen molar-refractivity contribution in [1.29, 1.82) is 0 Å². The number of nitrogens with zero attached hydrogens (tertiary/aromatic N) is 3. The summed E-state index contributed by atoms with van der Waals surface area (Å²) >= 11 is 1.61. The van der Waals surface area contributed by atoms with Gasteiger partial charge >= 0.3 is 6.03 Å². The Morgan fingerprint density at radius 2 is 2.07 bits per heavy atom. The lowest BCUT2D eigenvalue weighted by Crippen LogP contribution is -2.37. The highest BCUT2D eigenvalue weighted by molar-refractivity contribution is 7.18. The van der Waals surface area contributed by atoms with Gasteiger partial charge in [0, 0.05) is 18.8 Å². The van der Waals surface area contributed by atoms with E-state index < -0.39 is 0 Å².